The van der Waals surface area contributed by atoms with Crippen LogP contribution in [0.25, 0.3) is 11.1 Å². The molecule has 1 saturated carbocycles. The zero-order valence-corrected chi connectivity index (χ0v) is 35.5. The van der Waals surface area contributed by atoms with Crippen LogP contribution in [0.5, 0.6) is 0 Å². The topological polar surface area (TPSA) is 9.72 Å². The van der Waals surface area contributed by atoms with E-state index in [1.54, 1.807) is 0 Å². The van der Waals surface area contributed by atoms with Crippen LogP contribution >= 0.6 is 0 Å². The summed E-state index contributed by atoms with van der Waals surface area (Å²) in [5.74, 6) is 0.629. The maximum absolute atomic E-state index is 2.49. The summed E-state index contributed by atoms with van der Waals surface area (Å²) in [6.45, 7) is 7.03. The molecule has 0 heterocycles. The van der Waals surface area contributed by atoms with Crippen LogP contribution in [0.15, 0.2) is 200 Å². The van der Waals surface area contributed by atoms with E-state index in [1.807, 2.05) is 0 Å². The SMILES string of the molecule is Cc1cccc2c1-c1ccc(N(c3ccc(C4CCCCC4)cc3)c3cc(N(c4ccccc4)c4ccccc4)cc(N(c4ccccc4)c4ccccc4)c3)cc1C2(C)C. The molecule has 0 aliphatic heterocycles. The number of fused-ring (bicyclic) bond motifs is 3. The van der Waals surface area contributed by atoms with Crippen molar-refractivity contribution in [1.29, 1.82) is 0 Å². The summed E-state index contributed by atoms with van der Waals surface area (Å²) in [7, 11) is 0. The van der Waals surface area contributed by atoms with Gasteiger partial charge in [0, 0.05) is 39.5 Å². The summed E-state index contributed by atoms with van der Waals surface area (Å²) in [5.41, 5.74) is 18.0. The number of para-hydroxylation sites is 4. The van der Waals surface area contributed by atoms with Gasteiger partial charge in [0.25, 0.3) is 0 Å². The molecule has 0 N–H and O–H groups in total. The fraction of sp³-hybridized carbons (Fsp3) is 0.172. The molecule has 0 spiro atoms. The highest BCUT2D eigenvalue weighted by molar-refractivity contribution is 5.91. The third-order valence-corrected chi connectivity index (χ3v) is 13.1. The van der Waals surface area contributed by atoms with Crippen molar-refractivity contribution in [1.82, 2.24) is 0 Å². The number of aryl methyl sites for hydroxylation is 1. The average Bonchev–Trinajstić information content (AvgIpc) is 3.54. The summed E-state index contributed by atoms with van der Waals surface area (Å²) in [5, 5.41) is 0. The van der Waals surface area contributed by atoms with Gasteiger partial charge in [-0.1, -0.05) is 142 Å². The summed E-state index contributed by atoms with van der Waals surface area (Å²) in [6.07, 6.45) is 6.54. The molecule has 3 heteroatoms. The van der Waals surface area contributed by atoms with Crippen molar-refractivity contribution < 1.29 is 0 Å². The Morgan fingerprint density at radius 3 is 1.28 bits per heavy atom. The first kappa shape index (κ1) is 38.4. The Bertz CT molecular complexity index is 2570. The predicted octanol–water partition coefficient (Wildman–Crippen LogP) is 16.8. The summed E-state index contributed by atoms with van der Waals surface area (Å²) in [6, 6.07) is 73.6. The summed E-state index contributed by atoms with van der Waals surface area (Å²) < 4.78 is 0. The largest absolute Gasteiger partial charge is 0.310 e. The molecule has 2 aliphatic rings. The second kappa shape index (κ2) is 16.3. The molecular formula is C58H53N3. The van der Waals surface area contributed by atoms with Crippen LogP contribution in [0, 0.1) is 6.92 Å². The second-order valence-electron chi connectivity index (χ2n) is 17.3. The van der Waals surface area contributed by atoms with Gasteiger partial charge in [0.2, 0.25) is 0 Å². The Morgan fingerprint density at radius 1 is 0.377 bits per heavy atom. The van der Waals surface area contributed by atoms with Crippen LogP contribution in [0.1, 0.15) is 74.1 Å². The number of nitrogens with zero attached hydrogens (tertiary/aromatic N) is 3. The molecule has 10 rings (SSSR count). The molecule has 8 aromatic rings. The maximum atomic E-state index is 2.49. The normalized spacial score (nSPS) is 14.2. The van der Waals surface area contributed by atoms with Crippen LogP contribution in [-0.2, 0) is 5.41 Å². The molecule has 1 fully saturated rings. The molecule has 0 atom stereocenters. The van der Waals surface area contributed by atoms with E-state index >= 15 is 0 Å². The van der Waals surface area contributed by atoms with Crippen LogP contribution in [0.2, 0.25) is 0 Å². The minimum atomic E-state index is -0.148. The molecule has 0 unspecified atom stereocenters. The molecule has 0 aromatic heterocycles. The Morgan fingerprint density at radius 2 is 0.803 bits per heavy atom. The van der Waals surface area contributed by atoms with Gasteiger partial charge in [0.1, 0.15) is 0 Å². The van der Waals surface area contributed by atoms with E-state index < -0.39 is 0 Å². The number of rotatable bonds is 10. The number of hydrogen-bond acceptors (Lipinski definition) is 3. The van der Waals surface area contributed by atoms with E-state index in [1.165, 1.54) is 65.5 Å². The number of hydrogen-bond donors (Lipinski definition) is 0. The van der Waals surface area contributed by atoms with Crippen LogP contribution in [0.4, 0.5) is 51.2 Å². The first-order valence-electron chi connectivity index (χ1n) is 22.0. The summed E-state index contributed by atoms with van der Waals surface area (Å²) in [4.78, 5) is 7.26. The lowest BCUT2D eigenvalue weighted by Gasteiger charge is -2.33. The van der Waals surface area contributed by atoms with Gasteiger partial charge in [-0.05, 0) is 150 Å². The third-order valence-electron chi connectivity index (χ3n) is 13.1. The van der Waals surface area contributed by atoms with Crippen molar-refractivity contribution in [2.24, 2.45) is 0 Å². The van der Waals surface area contributed by atoms with Gasteiger partial charge in [0.05, 0.1) is 17.1 Å². The molecule has 0 saturated heterocycles. The van der Waals surface area contributed by atoms with E-state index in [9.17, 15) is 0 Å². The van der Waals surface area contributed by atoms with E-state index in [-0.39, 0.29) is 5.41 Å². The highest BCUT2D eigenvalue weighted by atomic mass is 15.2. The van der Waals surface area contributed by atoms with Crippen molar-refractivity contribution in [2.75, 3.05) is 14.7 Å². The monoisotopic (exact) mass is 791 g/mol. The van der Waals surface area contributed by atoms with Crippen molar-refractivity contribution in [3.05, 3.63) is 222 Å². The third kappa shape index (κ3) is 7.29. The first-order valence-corrected chi connectivity index (χ1v) is 22.0. The Balaban J connectivity index is 1.23. The zero-order valence-electron chi connectivity index (χ0n) is 35.5. The second-order valence-corrected chi connectivity index (χ2v) is 17.3. The zero-order chi connectivity index (χ0) is 41.3. The quantitative estimate of drug-likeness (QED) is 0.137. The lowest BCUT2D eigenvalue weighted by atomic mass is 9.82. The van der Waals surface area contributed by atoms with Gasteiger partial charge in [0.15, 0.2) is 0 Å². The van der Waals surface area contributed by atoms with Crippen molar-refractivity contribution in [3.8, 4) is 11.1 Å². The van der Waals surface area contributed by atoms with Crippen molar-refractivity contribution in [3.63, 3.8) is 0 Å². The number of anilines is 9. The maximum Gasteiger partial charge on any atom is 0.0503 e. The van der Waals surface area contributed by atoms with Gasteiger partial charge in [-0.3, -0.25) is 0 Å². The highest BCUT2D eigenvalue weighted by Gasteiger charge is 2.37. The van der Waals surface area contributed by atoms with E-state index in [2.05, 4.69) is 236 Å². The molecule has 0 radical (unpaired) electrons. The molecule has 2 aliphatic carbocycles. The number of benzene rings is 8. The van der Waals surface area contributed by atoms with Gasteiger partial charge in [-0.2, -0.15) is 0 Å². The minimum Gasteiger partial charge on any atom is -0.310 e. The van der Waals surface area contributed by atoms with E-state index in [0.29, 0.717) is 5.92 Å². The van der Waals surface area contributed by atoms with Crippen LogP contribution in [-0.4, -0.2) is 0 Å². The molecule has 0 amide bonds. The van der Waals surface area contributed by atoms with Gasteiger partial charge < -0.3 is 14.7 Å². The highest BCUT2D eigenvalue weighted by Crippen LogP contribution is 2.53. The smallest absolute Gasteiger partial charge is 0.0503 e. The molecule has 300 valence electrons. The lowest BCUT2D eigenvalue weighted by Crippen LogP contribution is -2.18. The Kier molecular flexibility index (Phi) is 10.3. The fourth-order valence-electron chi connectivity index (χ4n) is 10.0. The Hall–Kier alpha value is -6.84. The molecule has 61 heavy (non-hydrogen) atoms. The average molecular weight is 792 g/mol. The summed E-state index contributed by atoms with van der Waals surface area (Å²) >= 11 is 0. The van der Waals surface area contributed by atoms with E-state index in [0.717, 1.165) is 51.2 Å². The Labute approximate surface area is 362 Å². The van der Waals surface area contributed by atoms with Gasteiger partial charge >= 0.3 is 0 Å². The lowest BCUT2D eigenvalue weighted by molar-refractivity contribution is 0.443. The molecular weight excluding hydrogens is 739 g/mol. The first-order chi connectivity index (χ1) is 29.9. The minimum absolute atomic E-state index is 0.148. The van der Waals surface area contributed by atoms with Gasteiger partial charge in [-0.15, -0.1) is 0 Å². The van der Waals surface area contributed by atoms with Crippen LogP contribution < -0.4 is 14.7 Å². The molecule has 3 nitrogen and oxygen atoms in total. The van der Waals surface area contributed by atoms with Crippen LogP contribution in [0.3, 0.4) is 0 Å². The van der Waals surface area contributed by atoms with Gasteiger partial charge in [-0.25, -0.2) is 0 Å². The molecule has 0 bridgehead atoms. The predicted molar refractivity (Wildman–Crippen MR) is 259 cm³/mol. The van der Waals surface area contributed by atoms with Crippen molar-refractivity contribution in [2.45, 2.75) is 64.2 Å². The van der Waals surface area contributed by atoms with E-state index in [4.69, 9.17) is 0 Å². The fourth-order valence-corrected chi connectivity index (χ4v) is 10.0. The standard InChI is InChI=1S/C58H53N3/c1-42-20-19-31-55-57(42)54-37-36-50(41-56(54)58(55,2)3)61(49-34-32-44(33-35-49)43-21-9-4-10-22-43)53-39-51(59(45-23-11-5-12-24-45)46-25-13-6-14-26-46)38-52(40-53)60(47-27-15-7-16-28-47)48-29-17-8-18-30-48/h5-8,11-20,23-41,43H,4,9-10,21-22H2,1-3H3. The van der Waals surface area contributed by atoms with Crippen molar-refractivity contribution >= 4 is 51.2 Å². The molecule has 8 aromatic carbocycles.